The van der Waals surface area contributed by atoms with Crippen molar-refractivity contribution in [1.29, 1.82) is 0 Å². The van der Waals surface area contributed by atoms with Crippen molar-refractivity contribution in [3.63, 3.8) is 0 Å². The van der Waals surface area contributed by atoms with E-state index in [9.17, 15) is 9.59 Å². The number of nitrogens with zero attached hydrogens (tertiary/aromatic N) is 5. The highest BCUT2D eigenvalue weighted by Gasteiger charge is 2.22. The maximum absolute atomic E-state index is 12.6. The van der Waals surface area contributed by atoms with E-state index < -0.39 is 0 Å². The Morgan fingerprint density at radius 2 is 1.79 bits per heavy atom. The van der Waals surface area contributed by atoms with E-state index in [1.165, 1.54) is 4.68 Å². The lowest BCUT2D eigenvalue weighted by Crippen LogP contribution is -2.49. The zero-order valence-corrected chi connectivity index (χ0v) is 15.8. The number of fused-ring (bicyclic) bond motifs is 1. The topological polar surface area (TPSA) is 72.1 Å². The molecule has 1 saturated heterocycles. The molecule has 0 unspecified atom stereocenters. The number of rotatable bonds is 5. The summed E-state index contributed by atoms with van der Waals surface area (Å²) in [4.78, 5) is 29.1. The molecule has 1 amide bonds. The zero-order valence-electron chi connectivity index (χ0n) is 15.8. The summed E-state index contributed by atoms with van der Waals surface area (Å²) >= 11 is 0. The van der Waals surface area contributed by atoms with Crippen molar-refractivity contribution in [2.24, 2.45) is 0 Å². The number of methoxy groups -OCH3 is 1. The van der Waals surface area contributed by atoms with Crippen LogP contribution in [-0.2, 0) is 6.54 Å². The number of benzene rings is 1. The molecule has 3 heterocycles. The van der Waals surface area contributed by atoms with Crippen LogP contribution in [0, 0.1) is 0 Å². The Labute approximate surface area is 162 Å². The van der Waals surface area contributed by atoms with Gasteiger partial charge < -0.3 is 9.64 Å². The fraction of sp³-hybridized carbons (Fsp3) is 0.350. The van der Waals surface area contributed by atoms with Gasteiger partial charge in [0, 0.05) is 44.5 Å². The minimum Gasteiger partial charge on any atom is -0.497 e. The maximum atomic E-state index is 12.6. The Morgan fingerprint density at radius 1 is 1.04 bits per heavy atom. The second-order valence-electron chi connectivity index (χ2n) is 6.80. The molecule has 0 N–H and O–H groups in total. The van der Waals surface area contributed by atoms with Crippen LogP contribution in [-0.4, -0.2) is 69.7 Å². The number of pyridine rings is 1. The number of amides is 1. The molecule has 2 aromatic heterocycles. The number of carbonyl (C=O) groups is 1. The molecular formula is C20H23N5O3. The monoisotopic (exact) mass is 381 g/mol. The summed E-state index contributed by atoms with van der Waals surface area (Å²) in [5, 5.41) is 4.36. The maximum Gasteiger partial charge on any atom is 0.350 e. The second kappa shape index (κ2) is 7.85. The van der Waals surface area contributed by atoms with Crippen LogP contribution in [0.2, 0.25) is 0 Å². The molecule has 0 saturated carbocycles. The first kappa shape index (κ1) is 18.2. The van der Waals surface area contributed by atoms with Crippen molar-refractivity contribution in [1.82, 2.24) is 24.0 Å². The average molecular weight is 381 g/mol. The minimum absolute atomic E-state index is 0.0406. The summed E-state index contributed by atoms with van der Waals surface area (Å²) in [6.07, 6.45) is 1.73. The van der Waals surface area contributed by atoms with Crippen LogP contribution in [0.5, 0.6) is 5.75 Å². The van der Waals surface area contributed by atoms with E-state index in [1.54, 1.807) is 42.0 Å². The van der Waals surface area contributed by atoms with Gasteiger partial charge in [-0.3, -0.25) is 14.1 Å². The predicted molar refractivity (Wildman–Crippen MR) is 105 cm³/mol. The molecule has 1 aromatic carbocycles. The minimum atomic E-state index is -0.121. The van der Waals surface area contributed by atoms with Gasteiger partial charge >= 0.3 is 5.69 Å². The van der Waals surface area contributed by atoms with Gasteiger partial charge in [-0.1, -0.05) is 6.07 Å². The van der Waals surface area contributed by atoms with Gasteiger partial charge in [0.15, 0.2) is 5.65 Å². The first-order valence-electron chi connectivity index (χ1n) is 9.35. The van der Waals surface area contributed by atoms with Gasteiger partial charge in [-0.05, 0) is 36.4 Å². The fourth-order valence-corrected chi connectivity index (χ4v) is 3.44. The second-order valence-corrected chi connectivity index (χ2v) is 6.80. The van der Waals surface area contributed by atoms with Gasteiger partial charge in [0.05, 0.1) is 13.7 Å². The van der Waals surface area contributed by atoms with E-state index in [2.05, 4.69) is 10.00 Å². The molecule has 1 aliphatic rings. The molecule has 8 heteroatoms. The van der Waals surface area contributed by atoms with Gasteiger partial charge in [-0.25, -0.2) is 9.48 Å². The Kier molecular flexibility index (Phi) is 5.12. The summed E-state index contributed by atoms with van der Waals surface area (Å²) < 4.78 is 8.19. The lowest BCUT2D eigenvalue weighted by atomic mass is 10.1. The van der Waals surface area contributed by atoms with Crippen LogP contribution in [0.15, 0.2) is 53.5 Å². The number of aromatic nitrogens is 3. The molecular weight excluding hydrogens is 358 g/mol. The average Bonchev–Trinajstić information content (AvgIpc) is 3.08. The predicted octanol–water partition coefficient (Wildman–Crippen LogP) is 0.963. The van der Waals surface area contributed by atoms with Crippen molar-refractivity contribution in [3.8, 4) is 5.75 Å². The van der Waals surface area contributed by atoms with Crippen LogP contribution in [0.25, 0.3) is 5.65 Å². The van der Waals surface area contributed by atoms with E-state index in [1.807, 2.05) is 23.1 Å². The Morgan fingerprint density at radius 3 is 2.46 bits per heavy atom. The van der Waals surface area contributed by atoms with E-state index >= 15 is 0 Å². The third kappa shape index (κ3) is 3.63. The highest BCUT2D eigenvalue weighted by molar-refractivity contribution is 5.94. The van der Waals surface area contributed by atoms with Crippen molar-refractivity contribution in [2.75, 3.05) is 39.8 Å². The van der Waals surface area contributed by atoms with Crippen LogP contribution in [0.4, 0.5) is 0 Å². The van der Waals surface area contributed by atoms with Gasteiger partial charge in [-0.2, -0.15) is 0 Å². The Bertz CT molecular complexity index is 1020. The molecule has 0 atom stereocenters. The molecule has 1 fully saturated rings. The van der Waals surface area contributed by atoms with E-state index in [4.69, 9.17) is 4.74 Å². The van der Waals surface area contributed by atoms with E-state index in [-0.39, 0.29) is 11.6 Å². The first-order chi connectivity index (χ1) is 13.7. The van der Waals surface area contributed by atoms with Gasteiger partial charge in [-0.15, -0.1) is 5.10 Å². The van der Waals surface area contributed by atoms with Gasteiger partial charge in [0.25, 0.3) is 5.91 Å². The summed E-state index contributed by atoms with van der Waals surface area (Å²) in [7, 11) is 1.61. The van der Waals surface area contributed by atoms with Crippen LogP contribution in [0.1, 0.15) is 10.4 Å². The molecule has 1 aliphatic heterocycles. The molecule has 3 aromatic rings. The third-order valence-electron chi connectivity index (χ3n) is 5.11. The van der Waals surface area contributed by atoms with E-state index in [0.717, 1.165) is 25.4 Å². The molecule has 8 nitrogen and oxygen atoms in total. The number of hydrogen-bond acceptors (Lipinski definition) is 5. The van der Waals surface area contributed by atoms with Crippen molar-refractivity contribution >= 4 is 11.6 Å². The molecule has 0 bridgehead atoms. The normalized spacial score (nSPS) is 15.1. The van der Waals surface area contributed by atoms with Crippen molar-refractivity contribution < 1.29 is 9.53 Å². The standard InChI is InChI=1S/C20H23N5O3/c1-28-17-7-5-16(6-8-17)19(26)23-13-10-22(11-14-23)12-15-25-20(27)24-9-3-2-4-18(24)21-25/h2-9H,10-15H2,1H3. The molecule has 0 radical (unpaired) electrons. The van der Waals surface area contributed by atoms with Crippen molar-refractivity contribution in [3.05, 3.63) is 64.7 Å². The molecule has 146 valence electrons. The van der Waals surface area contributed by atoms with Gasteiger partial charge in [0.1, 0.15) is 5.75 Å². The fourth-order valence-electron chi connectivity index (χ4n) is 3.44. The number of hydrogen-bond donors (Lipinski definition) is 0. The molecule has 0 spiro atoms. The van der Waals surface area contributed by atoms with Crippen LogP contribution < -0.4 is 10.4 Å². The number of ether oxygens (including phenoxy) is 1. The first-order valence-corrected chi connectivity index (χ1v) is 9.35. The smallest absolute Gasteiger partial charge is 0.350 e. The van der Waals surface area contributed by atoms with Crippen LogP contribution >= 0.6 is 0 Å². The van der Waals surface area contributed by atoms with Crippen LogP contribution in [0.3, 0.4) is 0 Å². The van der Waals surface area contributed by atoms with E-state index in [0.29, 0.717) is 30.8 Å². The lowest BCUT2D eigenvalue weighted by Gasteiger charge is -2.34. The highest BCUT2D eigenvalue weighted by Crippen LogP contribution is 2.14. The molecule has 4 rings (SSSR count). The Balaban J connectivity index is 1.31. The largest absolute Gasteiger partial charge is 0.497 e. The molecule has 28 heavy (non-hydrogen) atoms. The molecule has 0 aliphatic carbocycles. The summed E-state index contributed by atoms with van der Waals surface area (Å²) in [5.74, 6) is 0.780. The summed E-state index contributed by atoms with van der Waals surface area (Å²) in [6.45, 7) is 4.17. The highest BCUT2D eigenvalue weighted by atomic mass is 16.5. The lowest BCUT2D eigenvalue weighted by molar-refractivity contribution is 0.0631. The Hall–Kier alpha value is -3.13. The zero-order chi connectivity index (χ0) is 19.5. The third-order valence-corrected chi connectivity index (χ3v) is 5.11. The summed E-state index contributed by atoms with van der Waals surface area (Å²) in [6, 6.07) is 12.7. The number of piperazine rings is 1. The van der Waals surface area contributed by atoms with Crippen molar-refractivity contribution in [2.45, 2.75) is 6.54 Å². The quantitative estimate of drug-likeness (QED) is 0.658. The SMILES string of the molecule is COc1ccc(C(=O)N2CCN(CCn3nc4ccccn4c3=O)CC2)cc1. The van der Waals surface area contributed by atoms with Gasteiger partial charge in [0.2, 0.25) is 0 Å². The number of carbonyl (C=O) groups excluding carboxylic acids is 1. The summed E-state index contributed by atoms with van der Waals surface area (Å²) in [5.41, 5.74) is 1.21.